The standard InChI is InChI=1S/C24H22F2O5S/c1-2-31-23(27)22(24(25,26)32(28,29)30)20-16-10-9-15-19(20)21(17-11-5-3-6-12-17)18-13-7-4-8-14-18/h3-16,21-22H,2H2,1H3,(H,28,29,30). The molecule has 0 heterocycles. The van der Waals surface area contributed by atoms with E-state index in [1.165, 1.54) is 19.1 Å². The van der Waals surface area contributed by atoms with Crippen LogP contribution in [-0.2, 0) is 19.6 Å². The average Bonchev–Trinajstić information content (AvgIpc) is 2.76. The highest BCUT2D eigenvalue weighted by molar-refractivity contribution is 7.87. The average molecular weight is 460 g/mol. The quantitative estimate of drug-likeness (QED) is 0.291. The van der Waals surface area contributed by atoms with Crippen molar-refractivity contribution in [3.63, 3.8) is 0 Å². The van der Waals surface area contributed by atoms with E-state index in [1.54, 1.807) is 36.4 Å². The van der Waals surface area contributed by atoms with Gasteiger partial charge in [-0.2, -0.15) is 17.2 Å². The number of benzene rings is 3. The van der Waals surface area contributed by atoms with Gasteiger partial charge in [-0.1, -0.05) is 84.9 Å². The third-order valence-corrected chi connectivity index (χ3v) is 6.01. The van der Waals surface area contributed by atoms with E-state index in [1.807, 2.05) is 36.4 Å². The van der Waals surface area contributed by atoms with Gasteiger partial charge in [0, 0.05) is 5.92 Å². The van der Waals surface area contributed by atoms with E-state index < -0.39 is 33.2 Å². The molecule has 0 aliphatic rings. The van der Waals surface area contributed by atoms with Crippen LogP contribution in [0.1, 0.15) is 41.0 Å². The van der Waals surface area contributed by atoms with Crippen molar-refractivity contribution in [1.29, 1.82) is 0 Å². The highest BCUT2D eigenvalue weighted by Crippen LogP contribution is 2.44. The van der Waals surface area contributed by atoms with Crippen LogP contribution in [0.25, 0.3) is 0 Å². The minimum absolute atomic E-state index is 0.236. The van der Waals surface area contributed by atoms with Gasteiger partial charge in [-0.15, -0.1) is 0 Å². The van der Waals surface area contributed by atoms with E-state index in [2.05, 4.69) is 0 Å². The van der Waals surface area contributed by atoms with Crippen LogP contribution in [-0.4, -0.2) is 30.8 Å². The molecule has 0 aliphatic carbocycles. The molecule has 1 atom stereocenters. The summed E-state index contributed by atoms with van der Waals surface area (Å²) >= 11 is 0. The Morgan fingerprint density at radius 3 is 1.75 bits per heavy atom. The molecule has 0 fully saturated rings. The number of carbonyl (C=O) groups is 1. The molecule has 3 aromatic carbocycles. The molecule has 0 radical (unpaired) electrons. The summed E-state index contributed by atoms with van der Waals surface area (Å²) in [4.78, 5) is 12.6. The van der Waals surface area contributed by atoms with E-state index in [4.69, 9.17) is 4.74 Å². The Morgan fingerprint density at radius 2 is 1.31 bits per heavy atom. The van der Waals surface area contributed by atoms with Crippen LogP contribution in [0.5, 0.6) is 0 Å². The van der Waals surface area contributed by atoms with Crippen LogP contribution in [0.3, 0.4) is 0 Å². The van der Waals surface area contributed by atoms with Crippen molar-refractivity contribution in [2.45, 2.75) is 24.0 Å². The molecule has 0 aromatic heterocycles. The zero-order valence-electron chi connectivity index (χ0n) is 17.2. The van der Waals surface area contributed by atoms with Crippen molar-refractivity contribution >= 4 is 16.1 Å². The Morgan fingerprint density at radius 1 is 0.875 bits per heavy atom. The van der Waals surface area contributed by atoms with E-state index in [9.17, 15) is 26.5 Å². The zero-order valence-corrected chi connectivity index (χ0v) is 18.0. The molecule has 0 saturated carbocycles. The summed E-state index contributed by atoms with van der Waals surface area (Å²) in [6.45, 7) is 1.18. The number of carbonyl (C=O) groups excluding carboxylic acids is 1. The molecule has 32 heavy (non-hydrogen) atoms. The second-order valence-corrected chi connectivity index (χ2v) is 8.60. The molecule has 0 bridgehead atoms. The van der Waals surface area contributed by atoms with Crippen molar-refractivity contribution in [3.05, 3.63) is 107 Å². The molecular weight excluding hydrogens is 438 g/mol. The smallest absolute Gasteiger partial charge is 0.387 e. The lowest BCUT2D eigenvalue weighted by molar-refractivity contribution is -0.150. The van der Waals surface area contributed by atoms with E-state index in [-0.39, 0.29) is 12.2 Å². The predicted molar refractivity (Wildman–Crippen MR) is 116 cm³/mol. The molecule has 1 unspecified atom stereocenters. The third-order valence-electron chi connectivity index (χ3n) is 5.09. The van der Waals surface area contributed by atoms with Gasteiger partial charge in [0.15, 0.2) is 5.92 Å². The first-order valence-corrected chi connectivity index (χ1v) is 11.3. The Hall–Kier alpha value is -3.10. The minimum Gasteiger partial charge on any atom is -0.465 e. The Kier molecular flexibility index (Phi) is 7.06. The SMILES string of the molecule is CCOC(=O)C(c1ccccc1C(c1ccccc1)c1ccccc1)C(F)(F)S(=O)(=O)O. The first kappa shape index (κ1) is 23.6. The lowest BCUT2D eigenvalue weighted by atomic mass is 9.80. The number of esters is 1. The van der Waals surface area contributed by atoms with Crippen LogP contribution in [0.2, 0.25) is 0 Å². The van der Waals surface area contributed by atoms with Crippen molar-refractivity contribution in [2.24, 2.45) is 0 Å². The van der Waals surface area contributed by atoms with Gasteiger partial charge >= 0.3 is 21.3 Å². The van der Waals surface area contributed by atoms with Crippen LogP contribution in [0, 0.1) is 0 Å². The largest absolute Gasteiger partial charge is 0.465 e. The van der Waals surface area contributed by atoms with Crippen LogP contribution >= 0.6 is 0 Å². The van der Waals surface area contributed by atoms with Gasteiger partial charge in [0.2, 0.25) is 0 Å². The van der Waals surface area contributed by atoms with Gasteiger partial charge < -0.3 is 4.74 Å². The second-order valence-electron chi connectivity index (χ2n) is 7.11. The summed E-state index contributed by atoms with van der Waals surface area (Å²) < 4.78 is 67.2. The number of ether oxygens (including phenoxy) is 1. The fraction of sp³-hybridized carbons (Fsp3) is 0.208. The summed E-state index contributed by atoms with van der Waals surface area (Å²) in [6.07, 6.45) is 0. The Balaban J connectivity index is 2.30. The van der Waals surface area contributed by atoms with Crippen molar-refractivity contribution in [2.75, 3.05) is 6.61 Å². The van der Waals surface area contributed by atoms with E-state index >= 15 is 0 Å². The summed E-state index contributed by atoms with van der Waals surface area (Å²) in [5, 5.41) is -4.80. The van der Waals surface area contributed by atoms with Crippen LogP contribution in [0.4, 0.5) is 8.78 Å². The number of hydrogen-bond acceptors (Lipinski definition) is 4. The number of alkyl halides is 2. The molecule has 0 spiro atoms. The summed E-state index contributed by atoms with van der Waals surface area (Å²) in [7, 11) is -5.92. The van der Waals surface area contributed by atoms with Gasteiger partial charge in [-0.25, -0.2) is 0 Å². The van der Waals surface area contributed by atoms with Crippen molar-refractivity contribution in [3.8, 4) is 0 Å². The molecular formula is C24H22F2O5S. The second kappa shape index (κ2) is 9.58. The Bertz CT molecular complexity index is 1130. The first-order valence-electron chi connectivity index (χ1n) is 9.88. The predicted octanol–water partition coefficient (Wildman–Crippen LogP) is 4.99. The molecule has 1 N–H and O–H groups in total. The molecule has 0 saturated heterocycles. The number of hydrogen-bond donors (Lipinski definition) is 1. The van der Waals surface area contributed by atoms with Gasteiger partial charge in [0.25, 0.3) is 0 Å². The lowest BCUT2D eigenvalue weighted by Crippen LogP contribution is -2.41. The zero-order chi connectivity index (χ0) is 23.4. The highest BCUT2D eigenvalue weighted by atomic mass is 32.2. The maximum atomic E-state index is 15.0. The van der Waals surface area contributed by atoms with E-state index in [0.29, 0.717) is 5.56 Å². The van der Waals surface area contributed by atoms with Gasteiger partial charge in [0.05, 0.1) is 6.61 Å². The van der Waals surface area contributed by atoms with Crippen LogP contribution < -0.4 is 0 Å². The third kappa shape index (κ3) is 4.71. The lowest BCUT2D eigenvalue weighted by Gasteiger charge is -2.28. The molecule has 5 nitrogen and oxygen atoms in total. The van der Waals surface area contributed by atoms with Crippen molar-refractivity contribution < 1.29 is 31.3 Å². The summed E-state index contributed by atoms with van der Waals surface area (Å²) in [5.41, 5.74) is 1.56. The molecule has 0 amide bonds. The van der Waals surface area contributed by atoms with Gasteiger partial charge in [-0.05, 0) is 29.2 Å². The topological polar surface area (TPSA) is 80.7 Å². The Labute approximate surface area is 185 Å². The molecule has 168 valence electrons. The molecule has 8 heteroatoms. The van der Waals surface area contributed by atoms with Crippen LogP contribution in [0.15, 0.2) is 84.9 Å². The van der Waals surface area contributed by atoms with E-state index in [0.717, 1.165) is 11.1 Å². The van der Waals surface area contributed by atoms with Gasteiger partial charge in [0.1, 0.15) is 0 Å². The monoisotopic (exact) mass is 460 g/mol. The minimum atomic E-state index is -5.92. The molecule has 3 rings (SSSR count). The molecule has 3 aromatic rings. The summed E-state index contributed by atoms with van der Waals surface area (Å²) in [5.74, 6) is -4.58. The van der Waals surface area contributed by atoms with Crippen molar-refractivity contribution in [1.82, 2.24) is 0 Å². The maximum Gasteiger partial charge on any atom is 0.387 e. The first-order chi connectivity index (χ1) is 15.2. The fourth-order valence-electron chi connectivity index (χ4n) is 3.70. The number of halogens is 2. The van der Waals surface area contributed by atoms with Gasteiger partial charge in [-0.3, -0.25) is 9.35 Å². The number of rotatable bonds is 8. The maximum absolute atomic E-state index is 15.0. The highest BCUT2D eigenvalue weighted by Gasteiger charge is 2.57. The summed E-state index contributed by atoms with van der Waals surface area (Å²) in [6, 6.07) is 23.9. The fourth-order valence-corrected chi connectivity index (χ4v) is 4.22. The normalized spacial score (nSPS) is 13.0. The molecule has 0 aliphatic heterocycles.